The Balaban J connectivity index is 1.60. The van der Waals surface area contributed by atoms with E-state index in [1.54, 1.807) is 18.2 Å². The lowest BCUT2D eigenvalue weighted by atomic mass is 10.1. The van der Waals surface area contributed by atoms with Gasteiger partial charge < -0.3 is 9.64 Å². The van der Waals surface area contributed by atoms with Gasteiger partial charge in [0.05, 0.1) is 12.8 Å². The van der Waals surface area contributed by atoms with Crippen LogP contribution in [0.3, 0.4) is 0 Å². The highest BCUT2D eigenvalue weighted by atomic mass is 35.5. The van der Waals surface area contributed by atoms with E-state index < -0.39 is 5.82 Å². The van der Waals surface area contributed by atoms with E-state index in [-0.39, 0.29) is 11.3 Å². The lowest BCUT2D eigenvalue weighted by Crippen LogP contribution is -2.45. The zero-order valence-electron chi connectivity index (χ0n) is 19.6. The monoisotopic (exact) mass is 484 g/mol. The summed E-state index contributed by atoms with van der Waals surface area (Å²) in [6.07, 6.45) is 1.56. The van der Waals surface area contributed by atoms with Crippen LogP contribution in [0.15, 0.2) is 53.3 Å². The van der Waals surface area contributed by atoms with E-state index in [9.17, 15) is 9.18 Å². The van der Waals surface area contributed by atoms with Gasteiger partial charge >= 0.3 is 0 Å². The summed E-state index contributed by atoms with van der Waals surface area (Å²) in [7, 11) is 3.54. The van der Waals surface area contributed by atoms with E-state index in [4.69, 9.17) is 16.3 Å². The minimum atomic E-state index is -0.456. The number of ether oxygens (including phenoxy) is 1. The van der Waals surface area contributed by atoms with Crippen LogP contribution in [0.1, 0.15) is 17.5 Å². The average molecular weight is 485 g/mol. The van der Waals surface area contributed by atoms with Crippen molar-refractivity contribution in [2.24, 2.45) is 0 Å². The highest BCUT2D eigenvalue weighted by molar-refractivity contribution is 6.30. The standard InChI is InChI=1S/C26H30ClFN4O2/c1-30-12-14-31(15-13-30)18-21-17-24(20-7-10-25(34-2)23(28)16-20)29-32(26(21)33)11-3-4-19-5-8-22(27)9-6-19/h5-10,16-17H,3-4,11-15,18H2,1-2H3. The molecule has 1 aliphatic heterocycles. The summed E-state index contributed by atoms with van der Waals surface area (Å²) in [6.45, 7) is 4.78. The summed E-state index contributed by atoms with van der Waals surface area (Å²) in [5, 5.41) is 5.30. The van der Waals surface area contributed by atoms with Crippen LogP contribution in [-0.2, 0) is 19.5 Å². The van der Waals surface area contributed by atoms with Crippen LogP contribution in [-0.4, -0.2) is 59.9 Å². The van der Waals surface area contributed by atoms with E-state index in [0.717, 1.165) is 44.6 Å². The molecule has 0 bridgehead atoms. The van der Waals surface area contributed by atoms with Gasteiger partial charge in [-0.3, -0.25) is 9.69 Å². The summed E-state index contributed by atoms with van der Waals surface area (Å²) in [6, 6.07) is 14.3. The lowest BCUT2D eigenvalue weighted by Gasteiger charge is -2.32. The zero-order chi connectivity index (χ0) is 24.1. The zero-order valence-corrected chi connectivity index (χ0v) is 20.4. The van der Waals surface area contributed by atoms with Crippen LogP contribution in [0, 0.1) is 5.82 Å². The van der Waals surface area contributed by atoms with Crippen LogP contribution < -0.4 is 10.3 Å². The molecule has 3 aromatic rings. The molecule has 0 atom stereocenters. The third-order valence-corrected chi connectivity index (χ3v) is 6.49. The second-order valence-electron chi connectivity index (χ2n) is 8.74. The summed E-state index contributed by atoms with van der Waals surface area (Å²) in [5.41, 5.74) is 2.94. The van der Waals surface area contributed by atoms with Crippen LogP contribution in [0.25, 0.3) is 11.3 Å². The van der Waals surface area contributed by atoms with Crippen LogP contribution in [0.5, 0.6) is 5.75 Å². The molecule has 1 fully saturated rings. The topological polar surface area (TPSA) is 50.6 Å². The number of rotatable bonds is 8. The minimum Gasteiger partial charge on any atom is -0.494 e. The molecular formula is C26H30ClFN4O2. The van der Waals surface area contributed by atoms with Crippen LogP contribution in [0.4, 0.5) is 4.39 Å². The van der Waals surface area contributed by atoms with Crippen molar-refractivity contribution < 1.29 is 9.13 Å². The lowest BCUT2D eigenvalue weighted by molar-refractivity contribution is 0.147. The number of hydrogen-bond donors (Lipinski definition) is 0. The molecule has 2 aromatic carbocycles. The van der Waals surface area contributed by atoms with Gasteiger partial charge in [-0.05, 0) is 61.9 Å². The summed E-state index contributed by atoms with van der Waals surface area (Å²) < 4.78 is 21.0. The molecule has 8 heteroatoms. The largest absolute Gasteiger partial charge is 0.494 e. The highest BCUT2D eigenvalue weighted by Crippen LogP contribution is 2.24. The Morgan fingerprint density at radius 2 is 1.79 bits per heavy atom. The molecule has 0 N–H and O–H groups in total. The van der Waals surface area contributed by atoms with Gasteiger partial charge in [0, 0.05) is 55.4 Å². The Kier molecular flexibility index (Phi) is 7.98. The number of likely N-dealkylation sites (N-methyl/N-ethyl adjacent to an activating group) is 1. The molecule has 4 rings (SSSR count). The quantitative estimate of drug-likeness (QED) is 0.482. The summed E-state index contributed by atoms with van der Waals surface area (Å²) in [4.78, 5) is 17.9. The normalized spacial score (nSPS) is 14.9. The Morgan fingerprint density at radius 3 is 2.47 bits per heavy atom. The van der Waals surface area contributed by atoms with Gasteiger partial charge in [-0.2, -0.15) is 5.10 Å². The summed E-state index contributed by atoms with van der Waals surface area (Å²) in [5.74, 6) is -0.277. The van der Waals surface area contributed by atoms with E-state index >= 15 is 0 Å². The third-order valence-electron chi connectivity index (χ3n) is 6.23. The minimum absolute atomic E-state index is 0.0900. The maximum absolute atomic E-state index is 14.4. The Morgan fingerprint density at radius 1 is 1.06 bits per heavy atom. The second-order valence-corrected chi connectivity index (χ2v) is 9.18. The number of benzene rings is 2. The fraction of sp³-hybridized carbons (Fsp3) is 0.385. The Bertz CT molecular complexity index is 1170. The first-order valence-electron chi connectivity index (χ1n) is 11.5. The fourth-order valence-corrected chi connectivity index (χ4v) is 4.29. The predicted molar refractivity (Wildman–Crippen MR) is 133 cm³/mol. The molecule has 0 radical (unpaired) electrons. The first-order valence-corrected chi connectivity index (χ1v) is 11.9. The highest BCUT2D eigenvalue weighted by Gasteiger charge is 2.18. The summed E-state index contributed by atoms with van der Waals surface area (Å²) >= 11 is 5.98. The SMILES string of the molecule is COc1ccc(-c2cc(CN3CCN(C)CC3)c(=O)n(CCCc3ccc(Cl)cc3)n2)cc1F. The predicted octanol–water partition coefficient (Wildman–Crippen LogP) is 4.09. The van der Waals surface area contributed by atoms with Crippen molar-refractivity contribution in [2.45, 2.75) is 25.9 Å². The first kappa shape index (κ1) is 24.4. The number of hydrogen-bond acceptors (Lipinski definition) is 5. The van der Waals surface area contributed by atoms with Crippen molar-refractivity contribution in [3.05, 3.63) is 80.9 Å². The van der Waals surface area contributed by atoms with Crippen LogP contribution >= 0.6 is 11.6 Å². The number of aryl methyl sites for hydroxylation is 2. The smallest absolute Gasteiger partial charge is 0.271 e. The molecule has 1 saturated heterocycles. The molecule has 180 valence electrons. The maximum atomic E-state index is 14.4. The number of methoxy groups -OCH3 is 1. The van der Waals surface area contributed by atoms with Crippen molar-refractivity contribution in [1.29, 1.82) is 0 Å². The molecule has 1 aliphatic rings. The van der Waals surface area contributed by atoms with Gasteiger partial charge in [0.1, 0.15) is 0 Å². The number of nitrogens with zero attached hydrogens (tertiary/aromatic N) is 4. The fourth-order valence-electron chi connectivity index (χ4n) is 4.16. The molecular weight excluding hydrogens is 455 g/mol. The molecule has 1 aromatic heterocycles. The molecule has 34 heavy (non-hydrogen) atoms. The number of piperazine rings is 1. The van der Waals surface area contributed by atoms with Crippen molar-refractivity contribution in [2.75, 3.05) is 40.3 Å². The Labute approximate surface area is 204 Å². The molecule has 0 saturated carbocycles. The van der Waals surface area contributed by atoms with Gasteiger partial charge in [0.15, 0.2) is 11.6 Å². The second kappa shape index (κ2) is 11.1. The first-order chi connectivity index (χ1) is 16.4. The van der Waals surface area contributed by atoms with E-state index in [1.165, 1.54) is 17.9 Å². The third kappa shape index (κ3) is 6.03. The molecule has 6 nitrogen and oxygen atoms in total. The van der Waals surface area contributed by atoms with Crippen molar-refractivity contribution in [3.8, 4) is 17.0 Å². The maximum Gasteiger partial charge on any atom is 0.271 e. The van der Waals surface area contributed by atoms with E-state index in [1.807, 2.05) is 24.3 Å². The number of halogens is 2. The van der Waals surface area contributed by atoms with Gasteiger partial charge in [-0.1, -0.05) is 23.7 Å². The molecule has 2 heterocycles. The van der Waals surface area contributed by atoms with Gasteiger partial charge in [-0.25, -0.2) is 9.07 Å². The average Bonchev–Trinajstić information content (AvgIpc) is 2.84. The van der Waals surface area contributed by atoms with Gasteiger partial charge in [0.25, 0.3) is 5.56 Å². The van der Waals surface area contributed by atoms with E-state index in [2.05, 4.69) is 21.9 Å². The molecule has 0 amide bonds. The van der Waals surface area contributed by atoms with Crippen LogP contribution in [0.2, 0.25) is 5.02 Å². The molecule has 0 spiro atoms. The van der Waals surface area contributed by atoms with Crippen molar-refractivity contribution in [1.82, 2.24) is 19.6 Å². The van der Waals surface area contributed by atoms with Crippen molar-refractivity contribution in [3.63, 3.8) is 0 Å². The molecule has 0 unspecified atom stereocenters. The van der Waals surface area contributed by atoms with Crippen molar-refractivity contribution >= 4 is 11.6 Å². The number of aromatic nitrogens is 2. The van der Waals surface area contributed by atoms with Gasteiger partial charge in [0.2, 0.25) is 0 Å². The molecule has 0 aliphatic carbocycles. The van der Waals surface area contributed by atoms with Gasteiger partial charge in [-0.15, -0.1) is 0 Å². The van der Waals surface area contributed by atoms with E-state index in [0.29, 0.717) is 34.9 Å². The Hall–Kier alpha value is -2.74.